The van der Waals surface area contributed by atoms with Crippen LogP contribution in [0.2, 0.25) is 0 Å². The zero-order valence-corrected chi connectivity index (χ0v) is 40.4. The molecule has 0 atom stereocenters. The number of aromatic nitrogens is 6. The molecule has 6 aromatic carbocycles. The van der Waals surface area contributed by atoms with Crippen molar-refractivity contribution in [2.75, 3.05) is 0 Å². The molecule has 14 rings (SSSR count). The monoisotopic (exact) mass is 962 g/mol. The third-order valence-corrected chi connectivity index (χ3v) is 11.3. The van der Waals surface area contributed by atoms with Crippen LogP contribution in [0.25, 0.3) is 65.8 Å². The van der Waals surface area contributed by atoms with Crippen molar-refractivity contribution in [1.29, 1.82) is 0 Å². The van der Waals surface area contributed by atoms with Crippen LogP contribution >= 0.6 is 22.7 Å². The van der Waals surface area contributed by atoms with Gasteiger partial charge in [-0.15, -0.1) is 11.3 Å². The number of hydrogen-bond donors (Lipinski definition) is 0. The van der Waals surface area contributed by atoms with Gasteiger partial charge in [-0.1, -0.05) is 170 Å². The van der Waals surface area contributed by atoms with Crippen molar-refractivity contribution < 1.29 is 8.83 Å². The molecule has 71 heavy (non-hydrogen) atoms. The van der Waals surface area contributed by atoms with Crippen molar-refractivity contribution in [2.45, 2.75) is 6.42 Å². The van der Waals surface area contributed by atoms with Gasteiger partial charge in [0.2, 0.25) is 0 Å². The Kier molecular flexibility index (Phi) is 20.9. The highest BCUT2D eigenvalue weighted by Crippen LogP contribution is 2.20. The van der Waals surface area contributed by atoms with E-state index in [0.717, 1.165) is 45.1 Å². The van der Waals surface area contributed by atoms with Crippen LogP contribution in [0.3, 0.4) is 0 Å². The molecule has 13 aromatic rings. The van der Waals surface area contributed by atoms with E-state index in [4.69, 9.17) is 4.42 Å². The number of hydrogen-bond acceptors (Lipinski definition) is 10. The molecule has 7 aromatic heterocycles. The second-order valence-electron chi connectivity index (χ2n) is 14.7. The summed E-state index contributed by atoms with van der Waals surface area (Å²) < 4.78 is 11.1. The number of allylic oxidation sites excluding steroid dienone is 4. The Morgan fingerprint density at radius 2 is 0.915 bits per heavy atom. The summed E-state index contributed by atoms with van der Waals surface area (Å²) >= 11 is 3.50. The van der Waals surface area contributed by atoms with Crippen LogP contribution in [0.5, 0.6) is 0 Å². The largest absolute Gasteiger partial charge is 0.473 e. The SMILES string of the molecule is C1=CCC=C1.c1ccc(-c2ncnc(-c3ccccc3)n2)cc1.c1ccc2ncccc2c1.c1ccc2nccnc2c1.c1ccc2occc2c1.c1ccc2sccc2c1.c1ccoc1.c1ccsc1. The summed E-state index contributed by atoms with van der Waals surface area (Å²) in [6.07, 6.45) is 21.2. The predicted octanol–water partition coefficient (Wildman–Crippen LogP) is 16.9. The van der Waals surface area contributed by atoms with E-state index in [0.29, 0.717) is 11.6 Å². The summed E-state index contributed by atoms with van der Waals surface area (Å²) in [6, 6.07) is 67.8. The van der Waals surface area contributed by atoms with E-state index in [1.807, 2.05) is 181 Å². The summed E-state index contributed by atoms with van der Waals surface area (Å²) in [5.74, 6) is 1.40. The highest BCUT2D eigenvalue weighted by atomic mass is 32.1. The van der Waals surface area contributed by atoms with Crippen LogP contribution < -0.4 is 0 Å². The number of para-hydroxylation sites is 4. The molecule has 0 bridgehead atoms. The Labute approximate surface area is 421 Å². The molecule has 0 aliphatic heterocycles. The molecule has 0 fully saturated rings. The van der Waals surface area contributed by atoms with Gasteiger partial charge in [-0.25, -0.2) is 15.0 Å². The molecule has 8 nitrogen and oxygen atoms in total. The van der Waals surface area contributed by atoms with E-state index in [1.165, 1.54) is 15.5 Å². The zero-order chi connectivity index (χ0) is 48.6. The molecule has 0 unspecified atom stereocenters. The second kappa shape index (κ2) is 29.7. The van der Waals surface area contributed by atoms with Gasteiger partial charge in [0, 0.05) is 45.2 Å². The molecule has 0 amide bonds. The first-order valence-electron chi connectivity index (χ1n) is 22.7. The molecule has 0 spiro atoms. The average molecular weight is 963 g/mol. The lowest BCUT2D eigenvalue weighted by Gasteiger charge is -2.02. The van der Waals surface area contributed by atoms with E-state index in [1.54, 1.807) is 60.2 Å². The van der Waals surface area contributed by atoms with Gasteiger partial charge >= 0.3 is 0 Å². The van der Waals surface area contributed by atoms with E-state index in [9.17, 15) is 0 Å². The Bertz CT molecular complexity index is 3030. The third-order valence-electron chi connectivity index (χ3n) is 9.75. The first kappa shape index (κ1) is 49.9. The lowest BCUT2D eigenvalue weighted by Crippen LogP contribution is -1.94. The van der Waals surface area contributed by atoms with Crippen LogP contribution in [0.1, 0.15) is 6.42 Å². The highest BCUT2D eigenvalue weighted by Gasteiger charge is 2.05. The second-order valence-corrected chi connectivity index (χ2v) is 16.5. The van der Waals surface area contributed by atoms with E-state index in [-0.39, 0.29) is 0 Å². The van der Waals surface area contributed by atoms with Crippen molar-refractivity contribution in [2.24, 2.45) is 0 Å². The maximum absolute atomic E-state index is 5.12. The molecule has 1 aliphatic carbocycles. The fourth-order valence-electron chi connectivity index (χ4n) is 6.33. The number of furan rings is 2. The van der Waals surface area contributed by atoms with Crippen LogP contribution in [-0.2, 0) is 0 Å². The first-order chi connectivity index (χ1) is 35.3. The number of rotatable bonds is 2. The van der Waals surface area contributed by atoms with Gasteiger partial charge in [0.05, 0.1) is 35.3 Å². The van der Waals surface area contributed by atoms with Crippen LogP contribution in [-0.4, -0.2) is 29.9 Å². The van der Waals surface area contributed by atoms with E-state index < -0.39 is 0 Å². The maximum atomic E-state index is 5.12. The summed E-state index contributed by atoms with van der Waals surface area (Å²) in [7, 11) is 0. The smallest absolute Gasteiger partial charge is 0.163 e. The van der Waals surface area contributed by atoms with Crippen LogP contribution in [0, 0.1) is 0 Å². The topological polar surface area (TPSA) is 104 Å². The van der Waals surface area contributed by atoms with Crippen LogP contribution in [0.15, 0.2) is 299 Å². The van der Waals surface area contributed by atoms with Gasteiger partial charge in [0.1, 0.15) is 11.9 Å². The quantitative estimate of drug-likeness (QED) is 0.169. The Morgan fingerprint density at radius 1 is 0.380 bits per heavy atom. The highest BCUT2D eigenvalue weighted by molar-refractivity contribution is 7.17. The number of thiophene rings is 2. The molecule has 10 heteroatoms. The summed E-state index contributed by atoms with van der Waals surface area (Å²) in [5, 5.41) is 9.91. The molecule has 0 saturated carbocycles. The molecule has 348 valence electrons. The first-order valence-corrected chi connectivity index (χ1v) is 24.5. The molecule has 0 saturated heterocycles. The normalized spacial score (nSPS) is 10.4. The third kappa shape index (κ3) is 17.6. The van der Waals surface area contributed by atoms with Gasteiger partial charge in [0.15, 0.2) is 11.6 Å². The van der Waals surface area contributed by atoms with Crippen molar-refractivity contribution >= 4 is 65.7 Å². The minimum absolute atomic E-state index is 0.699. The van der Waals surface area contributed by atoms with Crippen molar-refractivity contribution in [3.8, 4) is 22.8 Å². The Balaban J connectivity index is 0.000000124. The average Bonchev–Trinajstić information content (AvgIpc) is 4.33. The molecule has 1 aliphatic rings. The predicted molar refractivity (Wildman–Crippen MR) is 296 cm³/mol. The van der Waals surface area contributed by atoms with Gasteiger partial charge < -0.3 is 8.83 Å². The maximum Gasteiger partial charge on any atom is 0.163 e. The number of benzene rings is 6. The molecular formula is C61H50N6O2S2. The summed E-state index contributed by atoms with van der Waals surface area (Å²) in [4.78, 5) is 25.3. The summed E-state index contributed by atoms with van der Waals surface area (Å²) in [6.45, 7) is 0. The number of nitrogens with zero attached hydrogens (tertiary/aromatic N) is 6. The lowest BCUT2D eigenvalue weighted by molar-refractivity contribution is 0.567. The number of fused-ring (bicyclic) bond motifs is 4. The minimum atomic E-state index is 0.699. The fourth-order valence-corrected chi connectivity index (χ4v) is 7.58. The molecule has 0 radical (unpaired) electrons. The van der Waals surface area contributed by atoms with Crippen LogP contribution in [0.4, 0.5) is 0 Å². The van der Waals surface area contributed by atoms with Gasteiger partial charge in [-0.05, 0) is 88.6 Å². The molecular weight excluding hydrogens is 913 g/mol. The van der Waals surface area contributed by atoms with Gasteiger partial charge in [0.25, 0.3) is 0 Å². The Hall–Kier alpha value is -8.96. The van der Waals surface area contributed by atoms with Crippen molar-refractivity contribution in [1.82, 2.24) is 29.9 Å². The van der Waals surface area contributed by atoms with Crippen molar-refractivity contribution in [3.05, 3.63) is 290 Å². The minimum Gasteiger partial charge on any atom is -0.473 e. The lowest BCUT2D eigenvalue weighted by atomic mass is 10.2. The van der Waals surface area contributed by atoms with E-state index in [2.05, 4.69) is 106 Å². The standard InChI is InChI=1S/C15H11N3.C9H7N.C8H6N2.C8H6O.C8H6S.C5H6.C4H4O.C4H4S/c1-3-7-12(8-4-1)14-16-11-17-15(18-14)13-9-5-2-6-10-13;1-2-6-9-8(4-1)5-3-7-10-9;1-2-4-8-7(3-1)9-5-6-10-8;2*1-2-4-8-7(3-1)5-6-9-8;3*1-2-4-5-3-1/h1-11H;1-7H;1-6H;2*1-6H;1-4H,5H2;2*1-4H. The van der Waals surface area contributed by atoms with Gasteiger partial charge in [-0.2, -0.15) is 11.3 Å². The molecule has 7 heterocycles. The van der Waals surface area contributed by atoms with Crippen molar-refractivity contribution in [3.63, 3.8) is 0 Å². The fraction of sp³-hybridized carbons (Fsp3) is 0.0164. The summed E-state index contributed by atoms with van der Waals surface area (Å²) in [5.41, 5.74) is 5.91. The Morgan fingerprint density at radius 3 is 1.45 bits per heavy atom. The zero-order valence-electron chi connectivity index (χ0n) is 38.7. The van der Waals surface area contributed by atoms with Gasteiger partial charge in [-0.3, -0.25) is 15.0 Å². The van der Waals surface area contributed by atoms with E-state index >= 15 is 0 Å². The number of pyridine rings is 1. The molecule has 0 N–H and O–H groups in total.